The largest absolute Gasteiger partial charge is 0.369 e. The van der Waals surface area contributed by atoms with E-state index in [9.17, 15) is 9.18 Å². The summed E-state index contributed by atoms with van der Waals surface area (Å²) >= 11 is 0. The molecule has 0 aliphatic carbocycles. The monoisotopic (exact) mass is 182 g/mol. The number of methoxy groups -OCH3 is 1. The van der Waals surface area contributed by atoms with E-state index in [-0.39, 0.29) is 5.82 Å². The molecule has 2 nitrogen and oxygen atoms in total. The second-order valence-electron chi connectivity index (χ2n) is 2.75. The van der Waals surface area contributed by atoms with E-state index in [1.165, 1.54) is 13.2 Å². The summed E-state index contributed by atoms with van der Waals surface area (Å²) in [6.45, 7) is 1.63. The molecule has 0 unspecified atom stereocenters. The van der Waals surface area contributed by atoms with Crippen molar-refractivity contribution in [1.82, 2.24) is 0 Å². The lowest BCUT2D eigenvalue weighted by Crippen LogP contribution is -2.05. The molecule has 0 saturated carbocycles. The molecular formula is C10H11FO2. The summed E-state index contributed by atoms with van der Waals surface area (Å²) in [5.74, 6) is -0.318. The summed E-state index contributed by atoms with van der Waals surface area (Å²) in [7, 11) is 1.42. The smallest absolute Gasteiger partial charge is 0.153 e. The molecule has 1 rings (SSSR count). The summed E-state index contributed by atoms with van der Waals surface area (Å²) in [6, 6.07) is 4.60. The van der Waals surface area contributed by atoms with Crippen molar-refractivity contribution in [3.63, 3.8) is 0 Å². The molecule has 0 saturated heterocycles. The van der Waals surface area contributed by atoms with E-state index >= 15 is 0 Å². The molecule has 0 heterocycles. The number of ether oxygens (including phenoxy) is 1. The van der Waals surface area contributed by atoms with Gasteiger partial charge in [-0.1, -0.05) is 12.1 Å². The van der Waals surface area contributed by atoms with Crippen molar-refractivity contribution in [2.75, 3.05) is 7.11 Å². The van der Waals surface area contributed by atoms with Gasteiger partial charge >= 0.3 is 0 Å². The molecule has 0 aliphatic rings. The van der Waals surface area contributed by atoms with Crippen molar-refractivity contribution in [2.45, 2.75) is 13.0 Å². The molecular weight excluding hydrogens is 171 g/mol. The van der Waals surface area contributed by atoms with Gasteiger partial charge in [0, 0.05) is 7.11 Å². The van der Waals surface area contributed by atoms with Gasteiger partial charge in [-0.05, 0) is 24.1 Å². The lowest BCUT2D eigenvalue weighted by molar-refractivity contribution is -0.116. The van der Waals surface area contributed by atoms with Crippen LogP contribution in [-0.4, -0.2) is 13.4 Å². The molecule has 3 heteroatoms. The first-order valence-electron chi connectivity index (χ1n) is 3.93. The van der Waals surface area contributed by atoms with E-state index in [2.05, 4.69) is 0 Å². The highest BCUT2D eigenvalue weighted by Gasteiger charge is 2.13. The summed E-state index contributed by atoms with van der Waals surface area (Å²) in [4.78, 5) is 10.6. The van der Waals surface area contributed by atoms with Crippen molar-refractivity contribution in [2.24, 2.45) is 0 Å². The van der Waals surface area contributed by atoms with Gasteiger partial charge in [0.25, 0.3) is 0 Å². The third kappa shape index (κ3) is 1.92. The van der Waals surface area contributed by atoms with E-state index in [0.717, 1.165) is 0 Å². The minimum Gasteiger partial charge on any atom is -0.369 e. The number of carbonyl (C=O) groups is 1. The SMILES string of the molecule is CO[C@H](C=O)c1cccc(F)c1C. The zero-order chi connectivity index (χ0) is 9.84. The van der Waals surface area contributed by atoms with Gasteiger partial charge in [-0.2, -0.15) is 0 Å². The van der Waals surface area contributed by atoms with Gasteiger partial charge in [0.05, 0.1) is 0 Å². The molecule has 0 aliphatic heterocycles. The van der Waals surface area contributed by atoms with E-state index in [1.54, 1.807) is 19.1 Å². The molecule has 1 aromatic carbocycles. The molecule has 13 heavy (non-hydrogen) atoms. The molecule has 0 N–H and O–H groups in total. The maximum Gasteiger partial charge on any atom is 0.153 e. The first-order chi connectivity index (χ1) is 6.20. The molecule has 0 radical (unpaired) electrons. The van der Waals surface area contributed by atoms with Crippen LogP contribution in [0.1, 0.15) is 17.2 Å². The minimum absolute atomic E-state index is 0.318. The Bertz CT molecular complexity index is 310. The molecule has 70 valence electrons. The lowest BCUT2D eigenvalue weighted by Gasteiger charge is -2.11. The van der Waals surface area contributed by atoms with Gasteiger partial charge in [0.1, 0.15) is 11.9 Å². The van der Waals surface area contributed by atoms with Crippen LogP contribution >= 0.6 is 0 Å². The number of rotatable bonds is 3. The van der Waals surface area contributed by atoms with Crippen molar-refractivity contribution in [3.05, 3.63) is 35.1 Å². The Morgan fingerprint density at radius 1 is 1.54 bits per heavy atom. The van der Waals surface area contributed by atoms with Crippen LogP contribution in [0.5, 0.6) is 0 Å². The minimum atomic E-state index is -0.671. The van der Waals surface area contributed by atoms with Crippen molar-refractivity contribution < 1.29 is 13.9 Å². The number of hydrogen-bond donors (Lipinski definition) is 0. The Morgan fingerprint density at radius 3 is 2.77 bits per heavy atom. The molecule has 0 amide bonds. The second-order valence-corrected chi connectivity index (χ2v) is 2.75. The van der Waals surface area contributed by atoms with E-state index in [4.69, 9.17) is 4.74 Å². The summed E-state index contributed by atoms with van der Waals surface area (Å²) in [5.41, 5.74) is 1.04. The number of benzene rings is 1. The van der Waals surface area contributed by atoms with Crippen LogP contribution in [0.2, 0.25) is 0 Å². The van der Waals surface area contributed by atoms with Crippen molar-refractivity contribution >= 4 is 6.29 Å². The fourth-order valence-electron chi connectivity index (χ4n) is 1.19. The first kappa shape index (κ1) is 9.86. The Labute approximate surface area is 76.3 Å². The van der Waals surface area contributed by atoms with E-state index < -0.39 is 6.10 Å². The zero-order valence-corrected chi connectivity index (χ0v) is 7.58. The van der Waals surface area contributed by atoms with Gasteiger partial charge < -0.3 is 9.53 Å². The van der Waals surface area contributed by atoms with Crippen LogP contribution in [0, 0.1) is 12.7 Å². The van der Waals surface area contributed by atoms with Gasteiger partial charge in [0.15, 0.2) is 6.29 Å². The molecule has 1 aromatic rings. The van der Waals surface area contributed by atoms with Crippen molar-refractivity contribution in [1.29, 1.82) is 0 Å². The number of hydrogen-bond acceptors (Lipinski definition) is 2. The third-order valence-corrected chi connectivity index (χ3v) is 1.99. The zero-order valence-electron chi connectivity index (χ0n) is 7.58. The molecule has 0 spiro atoms. The Balaban J connectivity index is 3.13. The topological polar surface area (TPSA) is 26.3 Å². The van der Waals surface area contributed by atoms with Crippen LogP contribution in [0.25, 0.3) is 0 Å². The second kappa shape index (κ2) is 4.14. The molecule has 0 bridgehead atoms. The normalized spacial score (nSPS) is 12.5. The Hall–Kier alpha value is -1.22. The summed E-state index contributed by atoms with van der Waals surface area (Å²) < 4.78 is 17.9. The van der Waals surface area contributed by atoms with Crippen LogP contribution in [0.15, 0.2) is 18.2 Å². The lowest BCUT2D eigenvalue weighted by atomic mass is 10.0. The predicted octanol–water partition coefficient (Wildman–Crippen LogP) is 2.02. The highest BCUT2D eigenvalue weighted by molar-refractivity contribution is 5.61. The molecule has 0 fully saturated rings. The van der Waals surface area contributed by atoms with Gasteiger partial charge in [-0.25, -0.2) is 4.39 Å². The Kier molecular flexibility index (Phi) is 3.14. The number of carbonyl (C=O) groups excluding carboxylic acids is 1. The van der Waals surface area contributed by atoms with Gasteiger partial charge in [-0.15, -0.1) is 0 Å². The number of halogens is 1. The average molecular weight is 182 g/mol. The maximum atomic E-state index is 13.0. The van der Waals surface area contributed by atoms with Gasteiger partial charge in [0.2, 0.25) is 0 Å². The van der Waals surface area contributed by atoms with Gasteiger partial charge in [-0.3, -0.25) is 0 Å². The predicted molar refractivity (Wildman–Crippen MR) is 47.0 cm³/mol. The average Bonchev–Trinajstić information content (AvgIpc) is 2.14. The Morgan fingerprint density at radius 2 is 2.23 bits per heavy atom. The van der Waals surface area contributed by atoms with Crippen LogP contribution < -0.4 is 0 Å². The quantitative estimate of drug-likeness (QED) is 0.668. The number of aldehydes is 1. The van der Waals surface area contributed by atoms with Crippen LogP contribution in [-0.2, 0) is 9.53 Å². The molecule has 0 aromatic heterocycles. The third-order valence-electron chi connectivity index (χ3n) is 1.99. The highest BCUT2D eigenvalue weighted by Crippen LogP contribution is 2.20. The maximum absolute atomic E-state index is 13.0. The summed E-state index contributed by atoms with van der Waals surface area (Å²) in [6.07, 6.45) is -0.0161. The fourth-order valence-corrected chi connectivity index (χ4v) is 1.19. The molecule has 1 atom stereocenters. The fraction of sp³-hybridized carbons (Fsp3) is 0.300. The highest BCUT2D eigenvalue weighted by atomic mass is 19.1. The van der Waals surface area contributed by atoms with Crippen LogP contribution in [0.3, 0.4) is 0 Å². The van der Waals surface area contributed by atoms with E-state index in [1.807, 2.05) is 0 Å². The van der Waals surface area contributed by atoms with Crippen LogP contribution in [0.4, 0.5) is 4.39 Å². The van der Waals surface area contributed by atoms with E-state index in [0.29, 0.717) is 17.4 Å². The standard InChI is InChI=1S/C10H11FO2/c1-7-8(10(6-12)13-2)4-3-5-9(7)11/h3-6,10H,1-2H3/t10-/m1/s1. The first-order valence-corrected chi connectivity index (χ1v) is 3.93. The summed E-state index contributed by atoms with van der Waals surface area (Å²) in [5, 5.41) is 0. The van der Waals surface area contributed by atoms with Crippen molar-refractivity contribution in [3.8, 4) is 0 Å².